The predicted molar refractivity (Wildman–Crippen MR) is 149 cm³/mol. The number of hydrogen-bond donors (Lipinski definition) is 2. The fourth-order valence-electron chi connectivity index (χ4n) is 6.27. The van der Waals surface area contributed by atoms with E-state index in [1.807, 2.05) is 42.0 Å². The maximum Gasteiger partial charge on any atom is 0.333 e. The molecule has 3 aliphatic rings. The topological polar surface area (TPSA) is 89.2 Å². The molecule has 0 spiro atoms. The fraction of sp³-hybridized carbons (Fsp3) is 0.552. The molecule has 9 heteroatoms. The first kappa shape index (κ1) is 25.3. The van der Waals surface area contributed by atoms with Crippen molar-refractivity contribution in [3.63, 3.8) is 0 Å². The van der Waals surface area contributed by atoms with Gasteiger partial charge in [0.1, 0.15) is 0 Å². The number of piperazine rings is 1. The normalized spacial score (nSPS) is 23.4. The molecule has 2 aliphatic heterocycles. The second-order valence-electron chi connectivity index (χ2n) is 10.9. The first-order chi connectivity index (χ1) is 18.7. The molecule has 9 nitrogen and oxygen atoms in total. The number of nitrogens with one attached hydrogen (secondary N) is 2. The molecule has 1 aromatic carbocycles. The van der Waals surface area contributed by atoms with Gasteiger partial charge in [-0.3, -0.25) is 14.0 Å². The maximum absolute atomic E-state index is 13.8. The molecular weight excluding hydrogens is 478 g/mol. The van der Waals surface area contributed by atoms with Crippen molar-refractivity contribution in [3.05, 3.63) is 58.8 Å². The highest BCUT2D eigenvalue weighted by Gasteiger charge is 2.27. The Morgan fingerprint density at radius 3 is 2.55 bits per heavy atom. The molecule has 0 unspecified atom stereocenters. The smallest absolute Gasteiger partial charge is 0.333 e. The van der Waals surface area contributed by atoms with E-state index in [4.69, 9.17) is 9.72 Å². The Labute approximate surface area is 224 Å². The average Bonchev–Trinajstić information content (AvgIpc) is 3.31. The number of aryl methyl sites for hydroxylation is 1. The van der Waals surface area contributed by atoms with Gasteiger partial charge in [0.15, 0.2) is 0 Å². The van der Waals surface area contributed by atoms with Crippen LogP contribution in [0.4, 0.5) is 5.95 Å². The number of nitrogens with zero attached hydrogens (tertiary/aromatic N) is 5. The number of rotatable bonds is 6. The lowest BCUT2D eigenvalue weighted by Crippen LogP contribution is -2.50. The minimum atomic E-state index is -0.0307. The number of benzene rings is 1. The molecule has 2 N–H and O–H groups in total. The Morgan fingerprint density at radius 1 is 1.00 bits per heavy atom. The number of hydrogen-bond acceptors (Lipinski definition) is 7. The van der Waals surface area contributed by atoms with E-state index in [1.54, 1.807) is 10.8 Å². The summed E-state index contributed by atoms with van der Waals surface area (Å²) in [5.74, 6) is 0.634. The van der Waals surface area contributed by atoms with E-state index < -0.39 is 0 Å². The quantitative estimate of drug-likeness (QED) is 0.518. The van der Waals surface area contributed by atoms with Crippen molar-refractivity contribution in [1.29, 1.82) is 0 Å². The van der Waals surface area contributed by atoms with Crippen molar-refractivity contribution in [2.75, 3.05) is 44.7 Å². The Morgan fingerprint density at radius 2 is 1.79 bits per heavy atom. The Balaban J connectivity index is 1.25. The third kappa shape index (κ3) is 5.41. The van der Waals surface area contributed by atoms with Crippen molar-refractivity contribution >= 4 is 5.95 Å². The summed E-state index contributed by atoms with van der Waals surface area (Å²) < 4.78 is 9.24. The van der Waals surface area contributed by atoms with E-state index in [-0.39, 0.29) is 11.7 Å². The SMILES string of the molecule is Cc1cccc(-n2c(-c3ccnc(NC4CCC(N5CCNCC5)CC4)n3)cn(C3CCOCC3)c2=O)c1. The molecular formula is C29H39N7O2. The van der Waals surface area contributed by atoms with Crippen LogP contribution in [0.25, 0.3) is 17.1 Å². The van der Waals surface area contributed by atoms with Crippen LogP contribution in [-0.2, 0) is 4.74 Å². The number of ether oxygens (including phenoxy) is 1. The first-order valence-corrected chi connectivity index (χ1v) is 14.2. The molecule has 202 valence electrons. The van der Waals surface area contributed by atoms with Gasteiger partial charge in [-0.05, 0) is 69.2 Å². The monoisotopic (exact) mass is 517 g/mol. The van der Waals surface area contributed by atoms with Crippen LogP contribution in [0.3, 0.4) is 0 Å². The summed E-state index contributed by atoms with van der Waals surface area (Å²) >= 11 is 0. The van der Waals surface area contributed by atoms with Crippen LogP contribution in [0.5, 0.6) is 0 Å². The molecule has 38 heavy (non-hydrogen) atoms. The highest BCUT2D eigenvalue weighted by molar-refractivity contribution is 5.59. The third-order valence-electron chi connectivity index (χ3n) is 8.37. The predicted octanol–water partition coefficient (Wildman–Crippen LogP) is 3.38. The lowest BCUT2D eigenvalue weighted by atomic mass is 9.90. The van der Waals surface area contributed by atoms with Gasteiger partial charge in [0.05, 0.1) is 17.1 Å². The van der Waals surface area contributed by atoms with Crippen LogP contribution >= 0.6 is 0 Å². The highest BCUT2D eigenvalue weighted by Crippen LogP contribution is 2.28. The van der Waals surface area contributed by atoms with Crippen LogP contribution in [0.1, 0.15) is 50.1 Å². The van der Waals surface area contributed by atoms with E-state index in [2.05, 4.69) is 26.6 Å². The molecule has 3 fully saturated rings. The van der Waals surface area contributed by atoms with Gasteiger partial charge in [0.2, 0.25) is 5.95 Å². The van der Waals surface area contributed by atoms with Gasteiger partial charge in [0, 0.05) is 69.9 Å². The molecule has 1 saturated carbocycles. The summed E-state index contributed by atoms with van der Waals surface area (Å²) in [6, 6.07) is 11.2. The molecule has 2 aromatic heterocycles. The van der Waals surface area contributed by atoms with Gasteiger partial charge in [-0.2, -0.15) is 0 Å². The summed E-state index contributed by atoms with van der Waals surface area (Å²) in [6.45, 7) is 7.92. The van der Waals surface area contributed by atoms with Gasteiger partial charge in [-0.25, -0.2) is 14.8 Å². The summed E-state index contributed by atoms with van der Waals surface area (Å²) in [7, 11) is 0. The minimum Gasteiger partial charge on any atom is -0.381 e. The standard InChI is InChI=1S/C29H39N7O2/c1-21-3-2-4-25(19-21)36-27(20-35(29(36)37)24-10-17-38-18-11-24)26-9-12-31-28(33-26)32-22-5-7-23(8-6-22)34-15-13-30-14-16-34/h2-4,9,12,19-20,22-24,30H,5-8,10-11,13-18H2,1H3,(H,31,32,33). The van der Waals surface area contributed by atoms with Gasteiger partial charge in [0.25, 0.3) is 0 Å². The molecule has 3 aromatic rings. The second kappa shape index (κ2) is 11.4. The largest absolute Gasteiger partial charge is 0.381 e. The maximum atomic E-state index is 13.8. The van der Waals surface area contributed by atoms with Gasteiger partial charge in [-0.15, -0.1) is 0 Å². The van der Waals surface area contributed by atoms with E-state index in [9.17, 15) is 4.79 Å². The number of anilines is 1. The minimum absolute atomic E-state index is 0.0307. The Hall–Kier alpha value is -3.01. The zero-order valence-corrected chi connectivity index (χ0v) is 22.3. The molecule has 0 bridgehead atoms. The summed E-state index contributed by atoms with van der Waals surface area (Å²) in [5, 5.41) is 7.06. The van der Waals surface area contributed by atoms with Crippen LogP contribution < -0.4 is 16.3 Å². The zero-order valence-electron chi connectivity index (χ0n) is 22.3. The summed E-state index contributed by atoms with van der Waals surface area (Å²) in [4.78, 5) is 25.9. The average molecular weight is 518 g/mol. The number of aromatic nitrogens is 4. The van der Waals surface area contributed by atoms with E-state index in [0.29, 0.717) is 31.2 Å². The molecule has 1 aliphatic carbocycles. The van der Waals surface area contributed by atoms with Crippen molar-refractivity contribution < 1.29 is 4.74 Å². The lowest BCUT2D eigenvalue weighted by Gasteiger charge is -2.39. The van der Waals surface area contributed by atoms with Crippen molar-refractivity contribution in [2.24, 2.45) is 0 Å². The lowest BCUT2D eigenvalue weighted by molar-refractivity contribution is 0.0686. The summed E-state index contributed by atoms with van der Waals surface area (Å²) in [6.07, 6.45) is 10.1. The van der Waals surface area contributed by atoms with Crippen molar-refractivity contribution in [1.82, 2.24) is 29.3 Å². The van der Waals surface area contributed by atoms with Crippen LogP contribution in [0.15, 0.2) is 47.5 Å². The molecule has 0 amide bonds. The molecule has 6 rings (SSSR count). The molecule has 0 radical (unpaired) electrons. The first-order valence-electron chi connectivity index (χ1n) is 14.2. The molecule has 0 atom stereocenters. The van der Waals surface area contributed by atoms with E-state index in [0.717, 1.165) is 74.5 Å². The van der Waals surface area contributed by atoms with Gasteiger partial charge in [-0.1, -0.05) is 12.1 Å². The van der Waals surface area contributed by atoms with Gasteiger partial charge >= 0.3 is 5.69 Å². The van der Waals surface area contributed by atoms with Crippen molar-refractivity contribution in [3.8, 4) is 17.1 Å². The summed E-state index contributed by atoms with van der Waals surface area (Å²) in [5.41, 5.74) is 3.48. The van der Waals surface area contributed by atoms with Crippen molar-refractivity contribution in [2.45, 2.75) is 63.6 Å². The number of imidazole rings is 1. The van der Waals surface area contributed by atoms with Crippen LogP contribution in [0.2, 0.25) is 0 Å². The van der Waals surface area contributed by atoms with Crippen LogP contribution in [-0.4, -0.2) is 75.5 Å². The Bertz CT molecular complexity index is 1280. The molecule has 4 heterocycles. The Kier molecular flexibility index (Phi) is 7.58. The second-order valence-corrected chi connectivity index (χ2v) is 10.9. The van der Waals surface area contributed by atoms with Gasteiger partial charge < -0.3 is 15.4 Å². The zero-order chi connectivity index (χ0) is 25.9. The molecule has 2 saturated heterocycles. The highest BCUT2D eigenvalue weighted by atomic mass is 16.5. The van der Waals surface area contributed by atoms with E-state index in [1.165, 1.54) is 12.8 Å². The third-order valence-corrected chi connectivity index (χ3v) is 8.37. The fourth-order valence-corrected chi connectivity index (χ4v) is 6.27. The van der Waals surface area contributed by atoms with E-state index >= 15 is 0 Å². The van der Waals surface area contributed by atoms with Crippen LogP contribution in [0, 0.1) is 6.92 Å².